The summed E-state index contributed by atoms with van der Waals surface area (Å²) in [5.74, 6) is 1.01. The van der Waals surface area contributed by atoms with Gasteiger partial charge >= 0.3 is 0 Å². The van der Waals surface area contributed by atoms with Crippen LogP contribution in [0.1, 0.15) is 32.1 Å². The van der Waals surface area contributed by atoms with E-state index in [1.54, 1.807) is 0 Å². The average Bonchev–Trinajstić information content (AvgIpc) is 2.05. The molecule has 0 amide bonds. The lowest BCUT2D eigenvalue weighted by Crippen LogP contribution is -2.43. The summed E-state index contributed by atoms with van der Waals surface area (Å²) in [6.07, 6.45) is 9.46. The molecule has 0 aromatic rings. The molecule has 2 fully saturated rings. The molecule has 1 saturated carbocycles. The van der Waals surface area contributed by atoms with Crippen molar-refractivity contribution in [2.75, 3.05) is 6.54 Å². The fraction of sp³-hybridized carbons (Fsp3) is 0.889. The smallest absolute Gasteiger partial charge is 0.00980 e. The van der Waals surface area contributed by atoms with Crippen LogP contribution < -0.4 is 5.32 Å². The maximum Gasteiger partial charge on any atom is 0.00980 e. The van der Waals surface area contributed by atoms with Crippen molar-refractivity contribution in [3.63, 3.8) is 0 Å². The lowest BCUT2D eigenvalue weighted by molar-refractivity contribution is 0.238. The molecule has 1 heterocycles. The number of piperidine rings is 1. The van der Waals surface area contributed by atoms with Gasteiger partial charge in [0, 0.05) is 6.04 Å². The predicted octanol–water partition coefficient (Wildman–Crippen LogP) is 1.74. The maximum absolute atomic E-state index is 3.59. The molecule has 0 aromatic carbocycles. The molecule has 1 nitrogen and oxygen atoms in total. The van der Waals surface area contributed by atoms with E-state index in [4.69, 9.17) is 0 Å². The van der Waals surface area contributed by atoms with Crippen LogP contribution in [-0.4, -0.2) is 12.6 Å². The largest absolute Gasteiger partial charge is 0.314 e. The van der Waals surface area contributed by atoms with Gasteiger partial charge in [-0.25, -0.2) is 0 Å². The fourth-order valence-corrected chi connectivity index (χ4v) is 2.27. The number of hydrogen-bond acceptors (Lipinski definition) is 1. The van der Waals surface area contributed by atoms with Gasteiger partial charge in [0.1, 0.15) is 0 Å². The molecule has 2 rings (SSSR count). The molecule has 2 atom stereocenters. The first-order valence-electron chi connectivity index (χ1n) is 4.52. The zero-order chi connectivity index (χ0) is 6.81. The van der Waals surface area contributed by atoms with Crippen LogP contribution in [0, 0.1) is 12.3 Å². The highest BCUT2D eigenvalue weighted by Crippen LogP contribution is 2.29. The zero-order valence-corrected chi connectivity index (χ0v) is 6.47. The van der Waals surface area contributed by atoms with Gasteiger partial charge in [0.15, 0.2) is 0 Å². The quantitative estimate of drug-likeness (QED) is 0.537. The molecule has 1 N–H and O–H groups in total. The summed E-state index contributed by atoms with van der Waals surface area (Å²) in [6, 6.07) is 0.850. The highest BCUT2D eigenvalue weighted by atomic mass is 14.9. The van der Waals surface area contributed by atoms with Crippen LogP contribution in [0.3, 0.4) is 0 Å². The van der Waals surface area contributed by atoms with Gasteiger partial charge in [0.05, 0.1) is 0 Å². The van der Waals surface area contributed by atoms with Crippen LogP contribution in [0.15, 0.2) is 0 Å². The minimum atomic E-state index is 0.850. The van der Waals surface area contributed by atoms with Crippen molar-refractivity contribution in [3.8, 4) is 0 Å². The molecule has 2 aliphatic rings. The van der Waals surface area contributed by atoms with Crippen LogP contribution in [0.25, 0.3) is 0 Å². The molecular formula is C9H16N. The van der Waals surface area contributed by atoms with Gasteiger partial charge in [-0.1, -0.05) is 0 Å². The number of nitrogens with one attached hydrogen (secondary N) is 1. The van der Waals surface area contributed by atoms with Crippen molar-refractivity contribution >= 4 is 0 Å². The first kappa shape index (κ1) is 6.66. The second kappa shape index (κ2) is 2.91. The van der Waals surface area contributed by atoms with Crippen LogP contribution in [0.2, 0.25) is 0 Å². The Bertz CT molecular complexity index is 85.3. The van der Waals surface area contributed by atoms with E-state index in [9.17, 15) is 0 Å². The lowest BCUT2D eigenvalue weighted by Gasteiger charge is -2.36. The number of rotatable bonds is 0. The van der Waals surface area contributed by atoms with E-state index in [0.717, 1.165) is 12.0 Å². The standard InChI is InChI=1S/C9H16N/c1-2-6-9-8(4-1)5-3-7-10-9/h2,8-10H,1,3-7H2. The van der Waals surface area contributed by atoms with Crippen LogP contribution in [0.4, 0.5) is 0 Å². The molecule has 1 aliphatic heterocycles. The zero-order valence-electron chi connectivity index (χ0n) is 6.47. The van der Waals surface area contributed by atoms with Gasteiger partial charge in [0.2, 0.25) is 0 Å². The van der Waals surface area contributed by atoms with Gasteiger partial charge < -0.3 is 5.32 Å². The van der Waals surface area contributed by atoms with Crippen LogP contribution in [0.5, 0.6) is 0 Å². The van der Waals surface area contributed by atoms with Crippen LogP contribution in [-0.2, 0) is 0 Å². The molecule has 2 unspecified atom stereocenters. The monoisotopic (exact) mass is 138 g/mol. The third-order valence-electron chi connectivity index (χ3n) is 2.89. The second-order valence-electron chi connectivity index (χ2n) is 3.56. The van der Waals surface area contributed by atoms with E-state index < -0.39 is 0 Å². The minimum Gasteiger partial charge on any atom is -0.314 e. The summed E-state index contributed by atoms with van der Waals surface area (Å²) >= 11 is 0. The van der Waals surface area contributed by atoms with E-state index >= 15 is 0 Å². The molecule has 0 spiro atoms. The van der Waals surface area contributed by atoms with E-state index in [1.807, 2.05) is 0 Å². The molecule has 0 bridgehead atoms. The normalized spacial score (nSPS) is 40.8. The highest BCUT2D eigenvalue weighted by molar-refractivity contribution is 4.90. The van der Waals surface area contributed by atoms with Gasteiger partial charge in [-0.05, 0) is 51.0 Å². The molecule has 57 valence electrons. The molecule has 1 radical (unpaired) electrons. The third-order valence-corrected chi connectivity index (χ3v) is 2.89. The third kappa shape index (κ3) is 1.20. The van der Waals surface area contributed by atoms with Crippen molar-refractivity contribution < 1.29 is 0 Å². The first-order valence-corrected chi connectivity index (χ1v) is 4.52. The van der Waals surface area contributed by atoms with Crippen molar-refractivity contribution in [3.05, 3.63) is 6.42 Å². The SMILES string of the molecule is [CH]1CCC2CCCNC2C1. The summed E-state index contributed by atoms with van der Waals surface area (Å²) < 4.78 is 0. The molecule has 0 aromatic heterocycles. The predicted molar refractivity (Wildman–Crippen MR) is 42.7 cm³/mol. The summed E-state index contributed by atoms with van der Waals surface area (Å²) in [5, 5.41) is 3.59. The summed E-state index contributed by atoms with van der Waals surface area (Å²) in [5.41, 5.74) is 0. The minimum absolute atomic E-state index is 0.850. The Labute approximate surface area is 63.2 Å². The fourth-order valence-electron chi connectivity index (χ4n) is 2.27. The Morgan fingerprint density at radius 1 is 1.30 bits per heavy atom. The van der Waals surface area contributed by atoms with E-state index in [0.29, 0.717) is 0 Å². The Kier molecular flexibility index (Phi) is 1.94. The van der Waals surface area contributed by atoms with E-state index in [2.05, 4.69) is 11.7 Å². The molecule has 1 saturated heterocycles. The lowest BCUT2D eigenvalue weighted by atomic mass is 9.80. The van der Waals surface area contributed by atoms with Gasteiger partial charge in [-0.3, -0.25) is 0 Å². The van der Waals surface area contributed by atoms with E-state index in [-0.39, 0.29) is 0 Å². The van der Waals surface area contributed by atoms with Gasteiger partial charge in [-0.2, -0.15) is 0 Å². The van der Waals surface area contributed by atoms with Crippen molar-refractivity contribution in [2.24, 2.45) is 5.92 Å². The second-order valence-corrected chi connectivity index (χ2v) is 3.56. The number of hydrogen-bond donors (Lipinski definition) is 1. The topological polar surface area (TPSA) is 12.0 Å². The molecule has 1 heteroatoms. The van der Waals surface area contributed by atoms with Gasteiger partial charge in [-0.15, -0.1) is 0 Å². The Morgan fingerprint density at radius 2 is 2.30 bits per heavy atom. The number of fused-ring (bicyclic) bond motifs is 1. The summed E-state index contributed by atoms with van der Waals surface area (Å²) in [6.45, 7) is 1.26. The van der Waals surface area contributed by atoms with Crippen molar-refractivity contribution in [2.45, 2.75) is 38.1 Å². The molecular weight excluding hydrogens is 122 g/mol. The van der Waals surface area contributed by atoms with Crippen molar-refractivity contribution in [1.29, 1.82) is 0 Å². The highest BCUT2D eigenvalue weighted by Gasteiger charge is 2.26. The molecule has 10 heavy (non-hydrogen) atoms. The first-order chi connectivity index (χ1) is 4.97. The molecule has 1 aliphatic carbocycles. The average molecular weight is 138 g/mol. The Hall–Kier alpha value is -0.0400. The maximum atomic E-state index is 3.59. The van der Waals surface area contributed by atoms with E-state index in [1.165, 1.54) is 38.6 Å². The Balaban J connectivity index is 1.93. The summed E-state index contributed by atoms with van der Waals surface area (Å²) in [4.78, 5) is 0. The van der Waals surface area contributed by atoms with Crippen molar-refractivity contribution in [1.82, 2.24) is 5.32 Å². The van der Waals surface area contributed by atoms with Gasteiger partial charge in [0.25, 0.3) is 0 Å². The summed E-state index contributed by atoms with van der Waals surface area (Å²) in [7, 11) is 0. The Morgan fingerprint density at radius 3 is 3.20 bits per heavy atom. The van der Waals surface area contributed by atoms with Crippen LogP contribution >= 0.6 is 0 Å².